The Morgan fingerprint density at radius 3 is 1.80 bits per heavy atom. The molecule has 4 nitrogen and oxygen atoms in total. The molecule has 0 rings (SSSR count). The first-order valence-corrected chi connectivity index (χ1v) is 9.68. The minimum atomic E-state index is -0.181. The molecule has 0 heterocycles. The maximum Gasteiger partial charge on any atom is 0.287 e. The molecule has 0 aromatic heterocycles. The van der Waals surface area contributed by atoms with Crippen molar-refractivity contribution in [3.05, 3.63) is 19.2 Å². The molecule has 0 aliphatic rings. The van der Waals surface area contributed by atoms with Crippen molar-refractivity contribution in [3.8, 4) is 0 Å². The largest absolute Gasteiger partial charge is 0.480 e. The second kappa shape index (κ2) is 20.6. The SMILES string of the molecule is C=C(C)[C-]=O.II.[CH2-]N(C)C(=O)NC.[Y]. The van der Waals surface area contributed by atoms with Crippen molar-refractivity contribution in [2.45, 2.75) is 6.92 Å². The molecular weight excluding hydrogens is 499 g/mol. The molecule has 1 radical (unpaired) electrons. The molecule has 0 fully saturated rings. The molecule has 0 aromatic carbocycles. The van der Waals surface area contributed by atoms with E-state index in [1.54, 1.807) is 27.3 Å². The van der Waals surface area contributed by atoms with Crippen LogP contribution in [0.4, 0.5) is 4.79 Å². The zero-order valence-electron chi connectivity index (χ0n) is 9.01. The van der Waals surface area contributed by atoms with Crippen molar-refractivity contribution in [1.82, 2.24) is 10.2 Å². The quantitative estimate of drug-likeness (QED) is 0.333. The van der Waals surface area contributed by atoms with Crippen LogP contribution >= 0.6 is 37.2 Å². The first-order chi connectivity index (χ1) is 6.45. The number of rotatable bonds is 1. The predicted molar refractivity (Wildman–Crippen MR) is 76.1 cm³/mol. The number of halogens is 2. The number of hydrogen-bond donors (Lipinski definition) is 1. The van der Waals surface area contributed by atoms with E-state index in [4.69, 9.17) is 0 Å². The van der Waals surface area contributed by atoms with Crippen LogP contribution in [0.1, 0.15) is 6.92 Å². The molecule has 0 saturated carbocycles. The third kappa shape index (κ3) is 31.3. The second-order valence-electron chi connectivity index (χ2n) is 2.14. The van der Waals surface area contributed by atoms with Gasteiger partial charge in [0.15, 0.2) is 0 Å². The first kappa shape index (κ1) is 25.2. The van der Waals surface area contributed by atoms with E-state index in [2.05, 4.69) is 56.2 Å². The van der Waals surface area contributed by atoms with Gasteiger partial charge in [0, 0.05) is 77.0 Å². The molecule has 0 spiro atoms. The van der Waals surface area contributed by atoms with Crippen LogP contribution in [0.15, 0.2) is 12.2 Å². The van der Waals surface area contributed by atoms with Gasteiger partial charge in [-0.1, -0.05) is 6.92 Å². The zero-order valence-corrected chi connectivity index (χ0v) is 16.2. The van der Waals surface area contributed by atoms with Crippen molar-refractivity contribution in [2.75, 3.05) is 14.1 Å². The molecule has 0 unspecified atom stereocenters. The van der Waals surface area contributed by atoms with Crippen molar-refractivity contribution in [3.63, 3.8) is 0 Å². The Bertz CT molecular complexity index is 178. The van der Waals surface area contributed by atoms with Crippen LogP contribution in [-0.2, 0) is 37.5 Å². The smallest absolute Gasteiger partial charge is 0.287 e. The summed E-state index contributed by atoms with van der Waals surface area (Å²) in [5, 5.41) is 2.39. The maximum absolute atomic E-state index is 10.3. The first-order valence-electron chi connectivity index (χ1n) is 3.39. The summed E-state index contributed by atoms with van der Waals surface area (Å²) in [6, 6.07) is -0.181. The second-order valence-corrected chi connectivity index (χ2v) is 2.14. The standard InChI is InChI=1S/C4H9N2O.C4H5O.I2.Y/c1-5-4(7)6(2)3;1-4(2)3-5;1-2;/h2H2,1,3H3,(H,5,7);1H2,2H3;;/q2*-1;;. The van der Waals surface area contributed by atoms with Gasteiger partial charge in [-0.15, -0.1) is 0 Å². The summed E-state index contributed by atoms with van der Waals surface area (Å²) in [6.45, 7) is 4.85. The number of amides is 2. The Hall–Kier alpha value is 1.24. The van der Waals surface area contributed by atoms with Gasteiger partial charge in [0.1, 0.15) is 0 Å². The fourth-order valence-electron chi connectivity index (χ4n) is 0.191. The Kier molecular flexibility index (Phi) is 34.6. The normalized spacial score (nSPS) is 6.27. The van der Waals surface area contributed by atoms with Gasteiger partial charge in [0.05, 0.1) is 0 Å². The molecule has 0 bridgehead atoms. The van der Waals surface area contributed by atoms with Crippen molar-refractivity contribution >= 4 is 49.5 Å². The summed E-state index contributed by atoms with van der Waals surface area (Å²) < 4.78 is 0. The van der Waals surface area contributed by atoms with Gasteiger partial charge in [0.25, 0.3) is 6.03 Å². The number of urea groups is 1. The van der Waals surface area contributed by atoms with E-state index in [9.17, 15) is 9.59 Å². The van der Waals surface area contributed by atoms with E-state index < -0.39 is 0 Å². The van der Waals surface area contributed by atoms with Crippen molar-refractivity contribution in [2.24, 2.45) is 0 Å². The molecule has 0 saturated heterocycles. The van der Waals surface area contributed by atoms with Crippen molar-refractivity contribution in [1.29, 1.82) is 0 Å². The number of carbonyl (C=O) groups excluding carboxylic acids is 2. The van der Waals surface area contributed by atoms with E-state index >= 15 is 0 Å². The molecule has 7 heteroatoms. The number of nitrogens with zero attached hydrogens (tertiary/aromatic N) is 1. The van der Waals surface area contributed by atoms with Crippen LogP contribution in [0.25, 0.3) is 0 Å². The summed E-state index contributed by atoms with van der Waals surface area (Å²) in [6.07, 6.45) is 1.58. The summed E-state index contributed by atoms with van der Waals surface area (Å²) >= 11 is 4.24. The van der Waals surface area contributed by atoms with Gasteiger partial charge in [-0.2, -0.15) is 5.57 Å². The van der Waals surface area contributed by atoms with E-state index in [0.29, 0.717) is 5.57 Å². The topological polar surface area (TPSA) is 49.4 Å². The predicted octanol–water partition coefficient (Wildman–Crippen LogP) is 2.49. The Balaban J connectivity index is -0.0000000675. The van der Waals surface area contributed by atoms with E-state index in [0.717, 1.165) is 0 Å². The Morgan fingerprint density at radius 1 is 1.53 bits per heavy atom. The Morgan fingerprint density at radius 2 is 1.80 bits per heavy atom. The number of nitrogens with one attached hydrogen (secondary N) is 1. The molecule has 15 heavy (non-hydrogen) atoms. The minimum absolute atomic E-state index is 0. The number of carbonyl (C=O) groups is 1. The van der Waals surface area contributed by atoms with Gasteiger partial charge in [0.2, 0.25) is 0 Å². The molecular formula is C8H14I2N2O2Y-2. The molecule has 0 atom stereocenters. The third-order valence-electron chi connectivity index (χ3n) is 0.735. The van der Waals surface area contributed by atoms with Gasteiger partial charge in [-0.25, -0.2) is 6.58 Å². The molecule has 87 valence electrons. The van der Waals surface area contributed by atoms with Crippen LogP contribution in [0.2, 0.25) is 0 Å². The maximum atomic E-state index is 10.3. The van der Waals surface area contributed by atoms with Crippen LogP contribution in [0, 0.1) is 7.05 Å². The number of allylic oxidation sites excluding steroid dienone is 1. The van der Waals surface area contributed by atoms with E-state index in [1.165, 1.54) is 4.90 Å². The van der Waals surface area contributed by atoms with Gasteiger partial charge in [-0.05, 0) is 13.3 Å². The molecule has 2 amide bonds. The van der Waals surface area contributed by atoms with Crippen LogP contribution in [-0.4, -0.2) is 31.3 Å². The van der Waals surface area contributed by atoms with Crippen LogP contribution in [0.5, 0.6) is 0 Å². The van der Waals surface area contributed by atoms with Gasteiger partial charge >= 0.3 is 0 Å². The summed E-state index contributed by atoms with van der Waals surface area (Å²) in [4.78, 5) is 20.8. The molecule has 1 N–H and O–H groups in total. The Labute approximate surface area is 140 Å². The number of hydrogen-bond acceptors (Lipinski definition) is 2. The third-order valence-corrected chi connectivity index (χ3v) is 0.735. The van der Waals surface area contributed by atoms with Gasteiger partial charge in [-0.3, -0.25) is 11.8 Å². The molecule has 0 aliphatic carbocycles. The average molecular weight is 513 g/mol. The summed E-state index contributed by atoms with van der Waals surface area (Å²) in [5.74, 6) is 0. The molecule has 0 aliphatic heterocycles. The zero-order chi connectivity index (χ0) is 12.1. The fourth-order valence-corrected chi connectivity index (χ4v) is 0.191. The van der Waals surface area contributed by atoms with Gasteiger partial charge < -0.3 is 15.0 Å². The monoisotopic (exact) mass is 513 g/mol. The van der Waals surface area contributed by atoms with Crippen molar-refractivity contribution < 1.29 is 42.3 Å². The molecule has 0 aromatic rings. The average Bonchev–Trinajstić information content (AvgIpc) is 2.20. The van der Waals surface area contributed by atoms with Crippen LogP contribution < -0.4 is 5.32 Å². The van der Waals surface area contributed by atoms with E-state index in [1.807, 2.05) is 0 Å². The van der Waals surface area contributed by atoms with Crippen LogP contribution in [0.3, 0.4) is 0 Å². The fraction of sp³-hybridized carbons (Fsp3) is 0.375. The minimum Gasteiger partial charge on any atom is -0.480 e. The summed E-state index contributed by atoms with van der Waals surface area (Å²) in [5.41, 5.74) is 0.449. The summed E-state index contributed by atoms with van der Waals surface area (Å²) in [7, 11) is 6.47. The van der Waals surface area contributed by atoms with E-state index in [-0.39, 0.29) is 38.7 Å².